The fraction of sp³-hybridized carbons (Fsp3) is 0.167. The molecule has 0 saturated heterocycles. The highest BCUT2D eigenvalue weighted by molar-refractivity contribution is 7.99. The standard InChI is InChI=1S/C12H13N3S/c1-9(13)11-6-5-10(8-15-11)16-12-4-2-3-7-14-12/h2-9H,13H2,1H3/t9-/m0/s1. The van der Waals surface area contributed by atoms with Crippen LogP contribution < -0.4 is 5.73 Å². The van der Waals surface area contributed by atoms with Gasteiger partial charge in [0.2, 0.25) is 0 Å². The lowest BCUT2D eigenvalue weighted by atomic mass is 10.2. The average Bonchev–Trinajstić information content (AvgIpc) is 2.31. The van der Waals surface area contributed by atoms with E-state index in [0.29, 0.717) is 0 Å². The van der Waals surface area contributed by atoms with Crippen LogP contribution in [0.1, 0.15) is 18.7 Å². The van der Waals surface area contributed by atoms with Crippen LogP contribution in [0, 0.1) is 0 Å². The minimum Gasteiger partial charge on any atom is -0.323 e. The minimum absolute atomic E-state index is 0.0195. The molecule has 2 rings (SSSR count). The number of nitrogens with zero attached hydrogens (tertiary/aromatic N) is 2. The van der Waals surface area contributed by atoms with Crippen molar-refractivity contribution < 1.29 is 0 Å². The van der Waals surface area contributed by atoms with Crippen molar-refractivity contribution in [3.05, 3.63) is 48.4 Å². The molecular formula is C12H13N3S. The molecule has 0 aliphatic rings. The average molecular weight is 231 g/mol. The van der Waals surface area contributed by atoms with E-state index in [1.807, 2.05) is 43.5 Å². The second-order valence-electron chi connectivity index (χ2n) is 3.48. The quantitative estimate of drug-likeness (QED) is 0.882. The van der Waals surface area contributed by atoms with E-state index in [2.05, 4.69) is 9.97 Å². The third-order valence-electron chi connectivity index (χ3n) is 2.09. The molecule has 2 aromatic rings. The van der Waals surface area contributed by atoms with Crippen molar-refractivity contribution in [3.8, 4) is 0 Å². The number of hydrogen-bond donors (Lipinski definition) is 1. The molecular weight excluding hydrogens is 218 g/mol. The van der Waals surface area contributed by atoms with Gasteiger partial charge >= 0.3 is 0 Å². The summed E-state index contributed by atoms with van der Waals surface area (Å²) in [5.74, 6) is 0. The Morgan fingerprint density at radius 1 is 1.19 bits per heavy atom. The Balaban J connectivity index is 2.11. The lowest BCUT2D eigenvalue weighted by Crippen LogP contribution is -2.06. The van der Waals surface area contributed by atoms with Gasteiger partial charge in [-0.2, -0.15) is 0 Å². The van der Waals surface area contributed by atoms with E-state index in [9.17, 15) is 0 Å². The Labute approximate surface area is 99.1 Å². The summed E-state index contributed by atoms with van der Waals surface area (Å²) in [6.45, 7) is 1.92. The summed E-state index contributed by atoms with van der Waals surface area (Å²) < 4.78 is 0. The normalized spacial score (nSPS) is 12.4. The van der Waals surface area contributed by atoms with Crippen LogP contribution in [0.15, 0.2) is 52.6 Å². The van der Waals surface area contributed by atoms with Gasteiger partial charge in [-0.05, 0) is 31.2 Å². The highest BCUT2D eigenvalue weighted by atomic mass is 32.2. The molecule has 82 valence electrons. The Morgan fingerprint density at radius 3 is 2.62 bits per heavy atom. The number of rotatable bonds is 3. The molecule has 0 aliphatic heterocycles. The first-order valence-corrected chi connectivity index (χ1v) is 5.88. The van der Waals surface area contributed by atoms with Gasteiger partial charge in [0.25, 0.3) is 0 Å². The molecule has 0 aliphatic carbocycles. The zero-order valence-electron chi connectivity index (χ0n) is 9.00. The van der Waals surface area contributed by atoms with Crippen molar-refractivity contribution in [1.29, 1.82) is 0 Å². The fourth-order valence-corrected chi connectivity index (χ4v) is 1.99. The van der Waals surface area contributed by atoms with E-state index in [0.717, 1.165) is 15.6 Å². The molecule has 0 fully saturated rings. The van der Waals surface area contributed by atoms with Gasteiger partial charge < -0.3 is 5.73 Å². The summed E-state index contributed by atoms with van der Waals surface area (Å²) in [5.41, 5.74) is 6.64. The largest absolute Gasteiger partial charge is 0.323 e. The molecule has 0 spiro atoms. The first-order valence-electron chi connectivity index (χ1n) is 5.06. The van der Waals surface area contributed by atoms with Crippen LogP contribution >= 0.6 is 11.8 Å². The van der Waals surface area contributed by atoms with Crippen molar-refractivity contribution in [3.63, 3.8) is 0 Å². The van der Waals surface area contributed by atoms with Gasteiger partial charge in [-0.1, -0.05) is 17.8 Å². The summed E-state index contributed by atoms with van der Waals surface area (Å²) in [6.07, 6.45) is 3.62. The molecule has 0 bridgehead atoms. The van der Waals surface area contributed by atoms with Gasteiger partial charge in [0.15, 0.2) is 0 Å². The second-order valence-corrected chi connectivity index (χ2v) is 4.57. The zero-order valence-corrected chi connectivity index (χ0v) is 9.82. The fourth-order valence-electron chi connectivity index (χ4n) is 1.25. The monoisotopic (exact) mass is 231 g/mol. The van der Waals surface area contributed by atoms with Crippen molar-refractivity contribution in [2.45, 2.75) is 22.9 Å². The molecule has 0 saturated carbocycles. The van der Waals surface area contributed by atoms with E-state index >= 15 is 0 Å². The summed E-state index contributed by atoms with van der Waals surface area (Å²) in [6, 6.07) is 9.81. The van der Waals surface area contributed by atoms with Crippen LogP contribution in [0.4, 0.5) is 0 Å². The number of aromatic nitrogens is 2. The highest BCUT2D eigenvalue weighted by Crippen LogP contribution is 2.25. The SMILES string of the molecule is C[C@H](N)c1ccc(Sc2ccccn2)cn1. The van der Waals surface area contributed by atoms with E-state index < -0.39 is 0 Å². The maximum atomic E-state index is 5.73. The van der Waals surface area contributed by atoms with Crippen LogP contribution in [-0.4, -0.2) is 9.97 Å². The topological polar surface area (TPSA) is 51.8 Å². The van der Waals surface area contributed by atoms with Crippen LogP contribution in [0.3, 0.4) is 0 Å². The van der Waals surface area contributed by atoms with Gasteiger partial charge in [-0.3, -0.25) is 4.98 Å². The molecule has 2 aromatic heterocycles. The number of pyridine rings is 2. The minimum atomic E-state index is -0.0195. The van der Waals surface area contributed by atoms with E-state index in [4.69, 9.17) is 5.73 Å². The van der Waals surface area contributed by atoms with Crippen LogP contribution in [0.2, 0.25) is 0 Å². The molecule has 0 unspecified atom stereocenters. The maximum Gasteiger partial charge on any atom is 0.101 e. The molecule has 1 atom stereocenters. The third kappa shape index (κ3) is 2.81. The van der Waals surface area contributed by atoms with Gasteiger partial charge in [0.05, 0.1) is 5.69 Å². The molecule has 0 amide bonds. The maximum absolute atomic E-state index is 5.73. The number of nitrogens with two attached hydrogens (primary N) is 1. The van der Waals surface area contributed by atoms with Crippen LogP contribution in [0.25, 0.3) is 0 Å². The lowest BCUT2D eigenvalue weighted by Gasteiger charge is -2.05. The van der Waals surface area contributed by atoms with Crippen molar-refractivity contribution >= 4 is 11.8 Å². The Hall–Kier alpha value is -1.39. The van der Waals surface area contributed by atoms with E-state index in [1.165, 1.54) is 0 Å². The lowest BCUT2D eigenvalue weighted by molar-refractivity contribution is 0.777. The number of hydrogen-bond acceptors (Lipinski definition) is 4. The Morgan fingerprint density at radius 2 is 2.06 bits per heavy atom. The molecule has 16 heavy (non-hydrogen) atoms. The van der Waals surface area contributed by atoms with Crippen molar-refractivity contribution in [2.75, 3.05) is 0 Å². The zero-order chi connectivity index (χ0) is 11.4. The van der Waals surface area contributed by atoms with Gasteiger partial charge in [0, 0.05) is 23.3 Å². The van der Waals surface area contributed by atoms with E-state index in [1.54, 1.807) is 18.0 Å². The Bertz CT molecular complexity index is 440. The Kier molecular flexibility index (Phi) is 3.54. The molecule has 0 aromatic carbocycles. The predicted octanol–water partition coefficient (Wildman–Crippen LogP) is 2.65. The van der Waals surface area contributed by atoms with Crippen LogP contribution in [-0.2, 0) is 0 Å². The van der Waals surface area contributed by atoms with E-state index in [-0.39, 0.29) is 6.04 Å². The molecule has 2 heterocycles. The molecule has 2 N–H and O–H groups in total. The first kappa shape index (κ1) is 11.1. The van der Waals surface area contributed by atoms with Crippen molar-refractivity contribution in [1.82, 2.24) is 9.97 Å². The molecule has 3 nitrogen and oxygen atoms in total. The first-order chi connectivity index (χ1) is 7.75. The summed E-state index contributed by atoms with van der Waals surface area (Å²) >= 11 is 1.59. The predicted molar refractivity (Wildman–Crippen MR) is 65.2 cm³/mol. The van der Waals surface area contributed by atoms with Gasteiger partial charge in [-0.15, -0.1) is 0 Å². The smallest absolute Gasteiger partial charge is 0.101 e. The van der Waals surface area contributed by atoms with Crippen LogP contribution in [0.5, 0.6) is 0 Å². The molecule has 0 radical (unpaired) electrons. The summed E-state index contributed by atoms with van der Waals surface area (Å²) in [7, 11) is 0. The summed E-state index contributed by atoms with van der Waals surface area (Å²) in [4.78, 5) is 9.62. The highest BCUT2D eigenvalue weighted by Gasteiger charge is 2.02. The summed E-state index contributed by atoms with van der Waals surface area (Å²) in [5, 5.41) is 0.970. The second kappa shape index (κ2) is 5.09. The van der Waals surface area contributed by atoms with Crippen molar-refractivity contribution in [2.24, 2.45) is 5.73 Å². The molecule has 4 heteroatoms. The third-order valence-corrected chi connectivity index (χ3v) is 3.01. The van der Waals surface area contributed by atoms with Gasteiger partial charge in [-0.25, -0.2) is 4.98 Å². The van der Waals surface area contributed by atoms with Gasteiger partial charge in [0.1, 0.15) is 5.03 Å².